The lowest BCUT2D eigenvalue weighted by Crippen LogP contribution is -2.10. The largest absolute Gasteiger partial charge is 0.396 e. The summed E-state index contributed by atoms with van der Waals surface area (Å²) >= 11 is 0. The van der Waals surface area contributed by atoms with Crippen LogP contribution in [0.4, 0.5) is 0 Å². The van der Waals surface area contributed by atoms with E-state index in [-0.39, 0.29) is 0 Å². The molecule has 0 saturated heterocycles. The van der Waals surface area contributed by atoms with Crippen molar-refractivity contribution >= 4 is 0 Å². The molecular weight excluding hydrogens is 172 g/mol. The Kier molecular flexibility index (Phi) is 8.26. The van der Waals surface area contributed by atoms with Crippen LogP contribution in [0.5, 0.6) is 0 Å². The minimum absolute atomic E-state index is 0.354. The Morgan fingerprint density at radius 2 is 1.43 bits per heavy atom. The summed E-state index contributed by atoms with van der Waals surface area (Å²) < 4.78 is 0. The van der Waals surface area contributed by atoms with Crippen LogP contribution in [0.3, 0.4) is 0 Å². The number of hydrogen-bond donors (Lipinski definition) is 1. The van der Waals surface area contributed by atoms with Crippen molar-refractivity contribution in [2.24, 2.45) is 17.8 Å². The van der Waals surface area contributed by atoms with E-state index in [1.807, 2.05) is 0 Å². The molecule has 0 amide bonds. The van der Waals surface area contributed by atoms with Crippen LogP contribution in [-0.4, -0.2) is 11.7 Å². The molecule has 0 radical (unpaired) electrons. The molecule has 0 spiro atoms. The van der Waals surface area contributed by atoms with E-state index in [0.717, 1.165) is 24.2 Å². The van der Waals surface area contributed by atoms with E-state index in [1.165, 1.54) is 25.7 Å². The first-order chi connectivity index (χ1) is 6.57. The molecule has 0 aliphatic rings. The average molecular weight is 200 g/mol. The van der Waals surface area contributed by atoms with Crippen LogP contribution in [-0.2, 0) is 0 Å². The molecule has 0 heterocycles. The second-order valence-corrected chi connectivity index (χ2v) is 5.19. The Morgan fingerprint density at radius 1 is 0.857 bits per heavy atom. The minimum Gasteiger partial charge on any atom is -0.396 e. The predicted octanol–water partition coefficient (Wildman–Crippen LogP) is 3.86. The minimum atomic E-state index is 0.354. The molecule has 1 heteroatoms. The van der Waals surface area contributed by atoms with Crippen LogP contribution >= 0.6 is 0 Å². The van der Waals surface area contributed by atoms with Gasteiger partial charge in [0.1, 0.15) is 0 Å². The van der Waals surface area contributed by atoms with Crippen molar-refractivity contribution in [2.45, 2.75) is 59.8 Å². The van der Waals surface area contributed by atoms with Crippen molar-refractivity contribution in [1.29, 1.82) is 0 Å². The van der Waals surface area contributed by atoms with Crippen molar-refractivity contribution in [1.82, 2.24) is 0 Å². The van der Waals surface area contributed by atoms with Gasteiger partial charge in [0.05, 0.1) is 0 Å². The molecular formula is C13H28O. The Morgan fingerprint density at radius 3 is 1.86 bits per heavy atom. The van der Waals surface area contributed by atoms with Gasteiger partial charge in [0.25, 0.3) is 0 Å². The molecule has 14 heavy (non-hydrogen) atoms. The molecule has 1 N–H and O–H groups in total. The van der Waals surface area contributed by atoms with Crippen LogP contribution in [0.25, 0.3) is 0 Å². The Bertz CT molecular complexity index is 118. The summed E-state index contributed by atoms with van der Waals surface area (Å²) in [7, 11) is 0. The molecule has 0 saturated carbocycles. The summed E-state index contributed by atoms with van der Waals surface area (Å²) in [6, 6.07) is 0. The molecule has 0 aromatic heterocycles. The zero-order chi connectivity index (χ0) is 11.0. The third-order valence-electron chi connectivity index (χ3n) is 3.05. The highest BCUT2D eigenvalue weighted by Crippen LogP contribution is 2.22. The zero-order valence-corrected chi connectivity index (χ0v) is 10.4. The fourth-order valence-electron chi connectivity index (χ4n) is 1.94. The normalized spacial score (nSPS) is 13.9. The van der Waals surface area contributed by atoms with Gasteiger partial charge in [-0.15, -0.1) is 0 Å². The van der Waals surface area contributed by atoms with Crippen LogP contribution in [0.15, 0.2) is 0 Å². The monoisotopic (exact) mass is 200 g/mol. The van der Waals surface area contributed by atoms with E-state index in [2.05, 4.69) is 27.7 Å². The molecule has 0 rings (SSSR count). The summed E-state index contributed by atoms with van der Waals surface area (Å²) in [5, 5.41) is 8.93. The first kappa shape index (κ1) is 14.0. The van der Waals surface area contributed by atoms with Gasteiger partial charge in [-0.05, 0) is 24.2 Å². The van der Waals surface area contributed by atoms with Gasteiger partial charge in [0.15, 0.2) is 0 Å². The van der Waals surface area contributed by atoms with Crippen LogP contribution in [0, 0.1) is 17.8 Å². The molecule has 1 atom stereocenters. The predicted molar refractivity (Wildman–Crippen MR) is 63.3 cm³/mol. The summed E-state index contributed by atoms with van der Waals surface area (Å²) in [6.07, 6.45) is 6.32. The van der Waals surface area contributed by atoms with Gasteiger partial charge in [0.2, 0.25) is 0 Å². The molecule has 0 aromatic rings. The molecule has 86 valence electrons. The van der Waals surface area contributed by atoms with E-state index in [4.69, 9.17) is 5.11 Å². The number of aliphatic hydroxyl groups is 1. The summed E-state index contributed by atoms with van der Waals surface area (Å²) in [5.74, 6) is 2.29. The van der Waals surface area contributed by atoms with Crippen molar-refractivity contribution in [3.05, 3.63) is 0 Å². The maximum Gasteiger partial charge on any atom is 0.0433 e. The zero-order valence-electron chi connectivity index (χ0n) is 10.4. The summed E-state index contributed by atoms with van der Waals surface area (Å²) in [4.78, 5) is 0. The molecule has 0 fully saturated rings. The maximum absolute atomic E-state index is 8.93. The molecule has 1 unspecified atom stereocenters. The fourth-order valence-corrected chi connectivity index (χ4v) is 1.94. The SMILES string of the molecule is CC(C)CCCCC(CCO)C(C)C. The first-order valence-corrected chi connectivity index (χ1v) is 6.18. The van der Waals surface area contributed by atoms with Crippen LogP contribution in [0.2, 0.25) is 0 Å². The lowest BCUT2D eigenvalue weighted by atomic mass is 9.87. The fraction of sp³-hybridized carbons (Fsp3) is 1.00. The standard InChI is InChI=1S/C13H28O/c1-11(2)7-5-6-8-13(9-10-14)12(3)4/h11-14H,5-10H2,1-4H3. The molecule has 0 aliphatic heterocycles. The first-order valence-electron chi connectivity index (χ1n) is 6.18. The number of aliphatic hydroxyl groups excluding tert-OH is 1. The van der Waals surface area contributed by atoms with Crippen molar-refractivity contribution < 1.29 is 5.11 Å². The van der Waals surface area contributed by atoms with Gasteiger partial charge in [-0.25, -0.2) is 0 Å². The van der Waals surface area contributed by atoms with Gasteiger partial charge >= 0.3 is 0 Å². The third-order valence-corrected chi connectivity index (χ3v) is 3.05. The highest BCUT2D eigenvalue weighted by Gasteiger charge is 2.11. The van der Waals surface area contributed by atoms with E-state index in [9.17, 15) is 0 Å². The number of unbranched alkanes of at least 4 members (excludes halogenated alkanes) is 1. The van der Waals surface area contributed by atoms with E-state index in [0.29, 0.717) is 6.61 Å². The topological polar surface area (TPSA) is 20.2 Å². The summed E-state index contributed by atoms with van der Waals surface area (Å²) in [5.41, 5.74) is 0. The number of hydrogen-bond acceptors (Lipinski definition) is 1. The average Bonchev–Trinajstić information content (AvgIpc) is 2.09. The third kappa shape index (κ3) is 7.37. The molecule has 0 aromatic carbocycles. The Balaban J connectivity index is 3.50. The molecule has 0 bridgehead atoms. The highest BCUT2D eigenvalue weighted by atomic mass is 16.3. The van der Waals surface area contributed by atoms with Crippen molar-refractivity contribution in [3.63, 3.8) is 0 Å². The summed E-state index contributed by atoms with van der Waals surface area (Å²) in [6.45, 7) is 9.46. The second kappa shape index (κ2) is 8.28. The van der Waals surface area contributed by atoms with Gasteiger partial charge in [-0.3, -0.25) is 0 Å². The molecule has 0 aliphatic carbocycles. The maximum atomic E-state index is 8.93. The van der Waals surface area contributed by atoms with Gasteiger partial charge in [-0.2, -0.15) is 0 Å². The lowest BCUT2D eigenvalue weighted by molar-refractivity contribution is 0.220. The van der Waals surface area contributed by atoms with Crippen LogP contribution < -0.4 is 0 Å². The molecule has 1 nitrogen and oxygen atoms in total. The lowest BCUT2D eigenvalue weighted by Gasteiger charge is -2.19. The van der Waals surface area contributed by atoms with Gasteiger partial charge in [-0.1, -0.05) is 53.4 Å². The van der Waals surface area contributed by atoms with Gasteiger partial charge < -0.3 is 5.11 Å². The van der Waals surface area contributed by atoms with Gasteiger partial charge in [0, 0.05) is 6.61 Å². The number of rotatable bonds is 8. The Hall–Kier alpha value is -0.0400. The van der Waals surface area contributed by atoms with Crippen molar-refractivity contribution in [2.75, 3.05) is 6.61 Å². The highest BCUT2D eigenvalue weighted by molar-refractivity contribution is 4.63. The smallest absolute Gasteiger partial charge is 0.0433 e. The second-order valence-electron chi connectivity index (χ2n) is 5.19. The van der Waals surface area contributed by atoms with E-state index >= 15 is 0 Å². The Labute approximate surface area is 89.9 Å². The van der Waals surface area contributed by atoms with Crippen LogP contribution in [0.1, 0.15) is 59.8 Å². The van der Waals surface area contributed by atoms with E-state index in [1.54, 1.807) is 0 Å². The van der Waals surface area contributed by atoms with E-state index < -0.39 is 0 Å². The quantitative estimate of drug-likeness (QED) is 0.590. The van der Waals surface area contributed by atoms with Crippen molar-refractivity contribution in [3.8, 4) is 0 Å².